The van der Waals surface area contributed by atoms with Crippen LogP contribution in [0, 0.1) is 0 Å². The number of hydrogen-bond donors (Lipinski definition) is 1. The molecule has 156 valence electrons. The number of rotatable bonds is 13. The van der Waals surface area contributed by atoms with Crippen molar-refractivity contribution in [2.75, 3.05) is 6.61 Å². The number of esters is 1. The van der Waals surface area contributed by atoms with Crippen LogP contribution in [0.3, 0.4) is 0 Å². The molecule has 0 heterocycles. The van der Waals surface area contributed by atoms with Crippen LogP contribution in [0.2, 0.25) is 6.04 Å². The summed E-state index contributed by atoms with van der Waals surface area (Å²) in [4.78, 5) is 22.8. The Morgan fingerprint density at radius 3 is 2.50 bits per heavy atom. The molecule has 0 aliphatic carbocycles. The van der Waals surface area contributed by atoms with Crippen LogP contribution in [0.25, 0.3) is 6.08 Å². The molecule has 0 spiro atoms. The maximum absolute atomic E-state index is 12.1. The zero-order chi connectivity index (χ0) is 21.0. The summed E-state index contributed by atoms with van der Waals surface area (Å²) in [6.07, 6.45) is 6.78. The van der Waals surface area contributed by atoms with Gasteiger partial charge in [-0.05, 0) is 42.7 Å². The lowest BCUT2D eigenvalue weighted by Gasteiger charge is -2.12. The van der Waals surface area contributed by atoms with Gasteiger partial charge in [0, 0.05) is 12.5 Å². The number of carbonyl (C=O) groups excluding carboxylic acids is 1. The lowest BCUT2D eigenvalue weighted by Crippen LogP contribution is -2.10. The van der Waals surface area contributed by atoms with Gasteiger partial charge in [-0.15, -0.1) is 33.2 Å². The highest BCUT2D eigenvalue weighted by Gasteiger charge is 2.23. The van der Waals surface area contributed by atoms with Crippen molar-refractivity contribution in [3.8, 4) is 11.5 Å². The van der Waals surface area contributed by atoms with Gasteiger partial charge in [0.2, 0.25) is 0 Å². The second-order valence-corrected chi connectivity index (χ2v) is 15.5. The minimum atomic E-state index is -2.60. The van der Waals surface area contributed by atoms with Gasteiger partial charge in [-0.25, -0.2) is 4.79 Å². The molecule has 0 aliphatic heterocycles. The third-order valence-corrected chi connectivity index (χ3v) is 6.33. The van der Waals surface area contributed by atoms with Crippen molar-refractivity contribution in [1.29, 1.82) is 0 Å². The molecule has 1 aromatic carbocycles. The SMILES string of the molecule is CCCCOc1cc(/C=C/C(=O)O)ccc1OC(=O)CCCCC[Si](Cl)(Cl)Cl. The zero-order valence-corrected chi connectivity index (χ0v) is 19.0. The van der Waals surface area contributed by atoms with E-state index in [1.165, 1.54) is 6.08 Å². The number of ether oxygens (including phenoxy) is 2. The van der Waals surface area contributed by atoms with E-state index < -0.39 is 12.0 Å². The Morgan fingerprint density at radius 1 is 1.11 bits per heavy atom. The van der Waals surface area contributed by atoms with Crippen molar-refractivity contribution < 1.29 is 24.2 Å². The first-order chi connectivity index (χ1) is 13.2. The molecule has 0 aromatic heterocycles. The highest BCUT2D eigenvalue weighted by Crippen LogP contribution is 2.30. The van der Waals surface area contributed by atoms with Crippen LogP contribution in [0.4, 0.5) is 0 Å². The molecule has 5 nitrogen and oxygen atoms in total. The monoisotopic (exact) mass is 466 g/mol. The smallest absolute Gasteiger partial charge is 0.341 e. The van der Waals surface area contributed by atoms with Gasteiger partial charge in [0.05, 0.1) is 6.61 Å². The van der Waals surface area contributed by atoms with Crippen LogP contribution in [-0.2, 0) is 9.59 Å². The number of hydrogen-bond acceptors (Lipinski definition) is 4. The first-order valence-corrected chi connectivity index (χ1v) is 14.4. The lowest BCUT2D eigenvalue weighted by molar-refractivity contribution is -0.134. The molecule has 0 atom stereocenters. The molecule has 1 rings (SSSR count). The summed E-state index contributed by atoms with van der Waals surface area (Å²) >= 11 is 17.5. The number of carboxylic acids is 1. The van der Waals surface area contributed by atoms with E-state index >= 15 is 0 Å². The van der Waals surface area contributed by atoms with Crippen LogP contribution in [0.15, 0.2) is 24.3 Å². The minimum absolute atomic E-state index is 0.260. The Balaban J connectivity index is 2.65. The molecule has 1 aromatic rings. The van der Waals surface area contributed by atoms with Crippen molar-refractivity contribution in [1.82, 2.24) is 0 Å². The Bertz CT molecular complexity index is 674. The first kappa shape index (κ1) is 24.8. The molecule has 0 bridgehead atoms. The summed E-state index contributed by atoms with van der Waals surface area (Å²) < 4.78 is 11.1. The molecule has 0 fully saturated rings. The van der Waals surface area contributed by atoms with Crippen LogP contribution in [0.5, 0.6) is 11.5 Å². The molecule has 0 radical (unpaired) electrons. The van der Waals surface area contributed by atoms with Crippen molar-refractivity contribution in [3.05, 3.63) is 29.8 Å². The first-order valence-electron chi connectivity index (χ1n) is 9.16. The van der Waals surface area contributed by atoms with E-state index in [9.17, 15) is 9.59 Å². The number of halogens is 3. The predicted octanol–water partition coefficient (Wildman–Crippen LogP) is 6.08. The number of unbranched alkanes of at least 4 members (excludes halogenated alkanes) is 3. The Morgan fingerprint density at radius 2 is 1.86 bits per heavy atom. The highest BCUT2D eigenvalue weighted by molar-refractivity contribution is 7.64. The topological polar surface area (TPSA) is 72.8 Å². The predicted molar refractivity (Wildman–Crippen MR) is 116 cm³/mol. The van der Waals surface area contributed by atoms with Crippen LogP contribution in [0.1, 0.15) is 51.0 Å². The van der Waals surface area contributed by atoms with Gasteiger partial charge in [0.25, 0.3) is 0 Å². The fourth-order valence-corrected chi connectivity index (χ4v) is 4.12. The minimum Gasteiger partial charge on any atom is -0.490 e. The zero-order valence-electron chi connectivity index (χ0n) is 15.8. The van der Waals surface area contributed by atoms with E-state index in [0.29, 0.717) is 36.1 Å². The average Bonchev–Trinajstić information content (AvgIpc) is 2.60. The van der Waals surface area contributed by atoms with Gasteiger partial charge < -0.3 is 14.6 Å². The van der Waals surface area contributed by atoms with Crippen molar-refractivity contribution in [2.24, 2.45) is 0 Å². The molecular weight excluding hydrogens is 443 g/mol. The highest BCUT2D eigenvalue weighted by atomic mass is 35.8. The van der Waals surface area contributed by atoms with Crippen molar-refractivity contribution in [3.63, 3.8) is 0 Å². The van der Waals surface area contributed by atoms with Gasteiger partial charge in [-0.1, -0.05) is 32.3 Å². The third-order valence-electron chi connectivity index (χ3n) is 3.71. The Labute approximate surface area is 180 Å². The second-order valence-electron chi connectivity index (χ2n) is 6.23. The summed E-state index contributed by atoms with van der Waals surface area (Å²) in [5.41, 5.74) is 0.643. The standard InChI is InChI=1S/C19H25Cl3O5Si/c1-2-3-12-26-17-14-15(9-11-18(23)24)8-10-16(17)27-19(25)7-5-4-6-13-28(20,21)22/h8-11,14H,2-7,12-13H2,1H3,(H,23,24)/b11-9+. The van der Waals surface area contributed by atoms with Gasteiger partial charge in [-0.2, -0.15) is 0 Å². The molecule has 9 heteroatoms. The molecule has 28 heavy (non-hydrogen) atoms. The van der Waals surface area contributed by atoms with E-state index in [1.807, 2.05) is 6.92 Å². The normalized spacial score (nSPS) is 11.6. The maximum Gasteiger partial charge on any atom is 0.341 e. The molecule has 0 amide bonds. The van der Waals surface area contributed by atoms with Gasteiger partial charge in [0.15, 0.2) is 11.5 Å². The quantitative estimate of drug-likeness (QED) is 0.0949. The van der Waals surface area contributed by atoms with Crippen LogP contribution in [-0.4, -0.2) is 29.7 Å². The molecular formula is C19H25Cl3O5Si. The Hall–Kier alpha value is -1.21. The molecule has 1 N–H and O–H groups in total. The number of benzene rings is 1. The molecule has 0 unspecified atom stereocenters. The van der Waals surface area contributed by atoms with E-state index in [2.05, 4.69) is 0 Å². The fraction of sp³-hybridized carbons (Fsp3) is 0.474. The second kappa shape index (κ2) is 13.1. The van der Waals surface area contributed by atoms with E-state index in [1.54, 1.807) is 18.2 Å². The lowest BCUT2D eigenvalue weighted by atomic mass is 10.2. The number of carbonyl (C=O) groups is 2. The van der Waals surface area contributed by atoms with E-state index in [-0.39, 0.29) is 12.4 Å². The summed E-state index contributed by atoms with van der Waals surface area (Å²) in [6, 6.07) is 2.91. The van der Waals surface area contributed by atoms with Crippen LogP contribution < -0.4 is 9.47 Å². The van der Waals surface area contributed by atoms with E-state index in [4.69, 9.17) is 47.8 Å². The Kier molecular flexibility index (Phi) is 11.6. The molecule has 0 saturated carbocycles. The summed E-state index contributed by atoms with van der Waals surface area (Å²) in [5.74, 6) is -0.666. The fourth-order valence-electron chi connectivity index (χ4n) is 2.26. The molecule has 0 saturated heterocycles. The summed E-state index contributed by atoms with van der Waals surface area (Å²) in [5, 5.41) is 8.75. The summed E-state index contributed by atoms with van der Waals surface area (Å²) in [6.45, 7) is 2.52. The van der Waals surface area contributed by atoms with Crippen LogP contribution >= 0.6 is 33.2 Å². The number of aliphatic carboxylic acids is 1. The third kappa shape index (κ3) is 11.6. The average molecular weight is 468 g/mol. The van der Waals surface area contributed by atoms with Crippen molar-refractivity contribution >= 4 is 57.3 Å². The van der Waals surface area contributed by atoms with Crippen molar-refractivity contribution in [2.45, 2.75) is 51.5 Å². The number of carboxylic acid groups (broad SMARTS) is 1. The van der Waals surface area contributed by atoms with Gasteiger partial charge in [-0.3, -0.25) is 4.79 Å². The van der Waals surface area contributed by atoms with Gasteiger partial charge in [0.1, 0.15) is 0 Å². The maximum atomic E-state index is 12.1. The van der Waals surface area contributed by atoms with Gasteiger partial charge >= 0.3 is 17.9 Å². The molecule has 0 aliphatic rings. The largest absolute Gasteiger partial charge is 0.490 e. The van der Waals surface area contributed by atoms with E-state index in [0.717, 1.165) is 31.8 Å². The summed E-state index contributed by atoms with van der Waals surface area (Å²) in [7, 11) is 0.